The van der Waals surface area contributed by atoms with Gasteiger partial charge in [0.05, 0.1) is 0 Å². The second-order valence-corrected chi connectivity index (χ2v) is 5.97. The van der Waals surface area contributed by atoms with Crippen LogP contribution in [0.5, 0.6) is 0 Å². The Morgan fingerprint density at radius 3 is 2.39 bits per heavy atom. The zero-order valence-electron chi connectivity index (χ0n) is 11.2. The summed E-state index contributed by atoms with van der Waals surface area (Å²) in [5.41, 5.74) is 3.39. The quantitative estimate of drug-likeness (QED) is 0.809. The molecule has 2 aliphatic heterocycles. The second kappa shape index (κ2) is 4.51. The van der Waals surface area contributed by atoms with E-state index in [1.165, 1.54) is 24.0 Å². The number of aryl methyl sites for hydroxylation is 2. The molecular weight excluding hydrogens is 222 g/mol. The largest absolute Gasteiger partial charge is 0.311 e. The highest BCUT2D eigenvalue weighted by Crippen LogP contribution is 2.33. The highest BCUT2D eigenvalue weighted by Gasteiger charge is 2.36. The van der Waals surface area contributed by atoms with E-state index >= 15 is 0 Å². The van der Waals surface area contributed by atoms with E-state index in [4.69, 9.17) is 0 Å². The van der Waals surface area contributed by atoms with Gasteiger partial charge in [-0.2, -0.15) is 0 Å². The van der Waals surface area contributed by atoms with Gasteiger partial charge in [0, 0.05) is 23.6 Å². The van der Waals surface area contributed by atoms with E-state index in [9.17, 15) is 4.79 Å². The summed E-state index contributed by atoms with van der Waals surface area (Å²) in [6.45, 7) is 4.17. The van der Waals surface area contributed by atoms with Gasteiger partial charge in [-0.15, -0.1) is 0 Å². The van der Waals surface area contributed by atoms with E-state index in [-0.39, 0.29) is 5.92 Å². The molecule has 1 aromatic carbocycles. The van der Waals surface area contributed by atoms with Crippen molar-refractivity contribution >= 4 is 5.78 Å². The van der Waals surface area contributed by atoms with Gasteiger partial charge < -0.3 is 5.32 Å². The summed E-state index contributed by atoms with van der Waals surface area (Å²) in [4.78, 5) is 12.6. The van der Waals surface area contributed by atoms with Crippen molar-refractivity contribution in [1.29, 1.82) is 0 Å². The van der Waals surface area contributed by atoms with Crippen molar-refractivity contribution < 1.29 is 4.79 Å². The van der Waals surface area contributed by atoms with Gasteiger partial charge in [-0.1, -0.05) is 12.1 Å². The third-order valence-corrected chi connectivity index (χ3v) is 4.64. The zero-order chi connectivity index (χ0) is 12.7. The summed E-state index contributed by atoms with van der Waals surface area (Å²) in [5, 5.41) is 3.59. The predicted octanol–water partition coefficient (Wildman–Crippen LogP) is 3.02. The molecule has 2 bridgehead atoms. The monoisotopic (exact) mass is 243 g/mol. The first-order valence-corrected chi connectivity index (χ1v) is 7.01. The highest BCUT2D eigenvalue weighted by atomic mass is 16.1. The number of piperidine rings is 1. The van der Waals surface area contributed by atoms with E-state index in [0.29, 0.717) is 17.9 Å². The molecule has 2 fully saturated rings. The molecule has 3 rings (SSSR count). The van der Waals surface area contributed by atoms with Crippen molar-refractivity contribution in [3.63, 3.8) is 0 Å². The van der Waals surface area contributed by atoms with E-state index in [0.717, 1.165) is 18.4 Å². The first-order valence-electron chi connectivity index (χ1n) is 7.01. The Hall–Kier alpha value is -1.15. The van der Waals surface area contributed by atoms with Gasteiger partial charge in [0.2, 0.25) is 0 Å². The molecule has 0 spiro atoms. The van der Waals surface area contributed by atoms with Crippen LogP contribution in [0.2, 0.25) is 0 Å². The van der Waals surface area contributed by atoms with Gasteiger partial charge >= 0.3 is 0 Å². The SMILES string of the molecule is Cc1ccc(C(=O)C2CC3CCC(C2)N3)cc1C. The Bertz CT molecular complexity index is 468. The molecule has 1 N–H and O–H groups in total. The molecule has 18 heavy (non-hydrogen) atoms. The lowest BCUT2D eigenvalue weighted by molar-refractivity contribution is 0.0875. The summed E-state index contributed by atoms with van der Waals surface area (Å²) in [6, 6.07) is 7.29. The first kappa shape index (κ1) is 11.9. The van der Waals surface area contributed by atoms with Crippen LogP contribution in [0.25, 0.3) is 0 Å². The number of carbonyl (C=O) groups excluding carboxylic acids is 1. The molecule has 0 aromatic heterocycles. The number of nitrogens with one attached hydrogen (secondary N) is 1. The first-order chi connectivity index (χ1) is 8.63. The molecule has 96 valence electrons. The Balaban J connectivity index is 1.79. The van der Waals surface area contributed by atoms with Crippen LogP contribution in [0.4, 0.5) is 0 Å². The minimum Gasteiger partial charge on any atom is -0.311 e. The predicted molar refractivity (Wildman–Crippen MR) is 72.9 cm³/mol. The normalized spacial score (nSPS) is 30.4. The van der Waals surface area contributed by atoms with Gasteiger partial charge in [-0.25, -0.2) is 0 Å². The fraction of sp³-hybridized carbons (Fsp3) is 0.562. The summed E-state index contributed by atoms with van der Waals surface area (Å²) < 4.78 is 0. The highest BCUT2D eigenvalue weighted by molar-refractivity contribution is 5.98. The van der Waals surface area contributed by atoms with Crippen molar-refractivity contribution in [3.8, 4) is 0 Å². The van der Waals surface area contributed by atoms with E-state index in [1.807, 2.05) is 6.07 Å². The van der Waals surface area contributed by atoms with Gasteiger partial charge in [-0.05, 0) is 56.7 Å². The molecule has 2 aliphatic rings. The van der Waals surface area contributed by atoms with Crippen molar-refractivity contribution in [1.82, 2.24) is 5.32 Å². The lowest BCUT2D eigenvalue weighted by Crippen LogP contribution is -2.40. The van der Waals surface area contributed by atoms with Crippen LogP contribution in [-0.2, 0) is 0 Å². The average Bonchev–Trinajstić information content (AvgIpc) is 2.71. The Kier molecular flexibility index (Phi) is 2.98. The number of benzene rings is 1. The van der Waals surface area contributed by atoms with Crippen molar-refractivity contribution in [2.45, 2.75) is 51.6 Å². The van der Waals surface area contributed by atoms with E-state index in [1.54, 1.807) is 0 Å². The molecule has 2 heteroatoms. The van der Waals surface area contributed by atoms with Crippen LogP contribution in [-0.4, -0.2) is 17.9 Å². The van der Waals surface area contributed by atoms with Gasteiger partial charge in [0.1, 0.15) is 0 Å². The minimum absolute atomic E-state index is 0.242. The molecule has 2 saturated heterocycles. The van der Waals surface area contributed by atoms with Crippen molar-refractivity contribution in [2.75, 3.05) is 0 Å². The summed E-state index contributed by atoms with van der Waals surface area (Å²) in [7, 11) is 0. The van der Waals surface area contributed by atoms with E-state index in [2.05, 4.69) is 31.3 Å². The third kappa shape index (κ3) is 2.10. The second-order valence-electron chi connectivity index (χ2n) is 5.97. The fourth-order valence-electron chi connectivity index (χ4n) is 3.40. The van der Waals surface area contributed by atoms with Crippen LogP contribution in [0.15, 0.2) is 18.2 Å². The van der Waals surface area contributed by atoms with Crippen LogP contribution in [0.3, 0.4) is 0 Å². The van der Waals surface area contributed by atoms with Crippen LogP contribution in [0, 0.1) is 19.8 Å². The zero-order valence-corrected chi connectivity index (χ0v) is 11.2. The topological polar surface area (TPSA) is 29.1 Å². The molecule has 0 radical (unpaired) electrons. The van der Waals surface area contributed by atoms with Crippen LogP contribution >= 0.6 is 0 Å². The molecule has 0 amide bonds. The van der Waals surface area contributed by atoms with Gasteiger partial charge in [-0.3, -0.25) is 4.79 Å². The molecular formula is C16H21NO. The average molecular weight is 243 g/mol. The molecule has 2 heterocycles. The number of hydrogen-bond acceptors (Lipinski definition) is 2. The lowest BCUT2D eigenvalue weighted by atomic mass is 9.85. The fourth-order valence-corrected chi connectivity index (χ4v) is 3.40. The molecule has 0 saturated carbocycles. The third-order valence-electron chi connectivity index (χ3n) is 4.64. The van der Waals surface area contributed by atoms with Gasteiger partial charge in [0.25, 0.3) is 0 Å². The Labute approximate surface area is 109 Å². The lowest BCUT2D eigenvalue weighted by Gasteiger charge is -2.28. The molecule has 1 aromatic rings. The number of hydrogen-bond donors (Lipinski definition) is 1. The minimum atomic E-state index is 0.242. The molecule has 2 atom stereocenters. The number of ketones is 1. The standard InChI is InChI=1S/C16H21NO/c1-10-3-4-12(7-11(10)2)16(18)13-8-14-5-6-15(9-13)17-14/h3-4,7,13-15,17H,5-6,8-9H2,1-2H3. The van der Waals surface area contributed by atoms with Crippen LogP contribution in [0.1, 0.15) is 47.2 Å². The summed E-state index contributed by atoms with van der Waals surface area (Å²) in [6.07, 6.45) is 4.56. The van der Waals surface area contributed by atoms with E-state index < -0.39 is 0 Å². The summed E-state index contributed by atoms with van der Waals surface area (Å²) in [5.74, 6) is 0.599. The maximum Gasteiger partial charge on any atom is 0.166 e. The number of fused-ring (bicyclic) bond motifs is 2. The molecule has 2 nitrogen and oxygen atoms in total. The maximum absolute atomic E-state index is 12.6. The Morgan fingerprint density at radius 1 is 1.11 bits per heavy atom. The number of carbonyl (C=O) groups is 1. The summed E-state index contributed by atoms with van der Waals surface area (Å²) >= 11 is 0. The Morgan fingerprint density at radius 2 is 1.78 bits per heavy atom. The maximum atomic E-state index is 12.6. The number of rotatable bonds is 2. The van der Waals surface area contributed by atoms with Crippen molar-refractivity contribution in [2.24, 2.45) is 5.92 Å². The van der Waals surface area contributed by atoms with Gasteiger partial charge in [0.15, 0.2) is 5.78 Å². The smallest absolute Gasteiger partial charge is 0.166 e. The number of Topliss-reactive ketones (excluding diaryl/α,β-unsaturated/α-hetero) is 1. The van der Waals surface area contributed by atoms with Crippen LogP contribution < -0.4 is 5.32 Å². The molecule has 2 unspecified atom stereocenters. The van der Waals surface area contributed by atoms with Crippen molar-refractivity contribution in [3.05, 3.63) is 34.9 Å². The molecule has 0 aliphatic carbocycles.